The molecule has 1 heteroatoms. The fourth-order valence-electron chi connectivity index (χ4n) is 0.670. The van der Waals surface area contributed by atoms with Crippen LogP contribution in [0.2, 0.25) is 0 Å². The SMILES string of the molecule is CC.CCCCC(C)CN. The predicted molar refractivity (Wildman–Crippen MR) is 49.1 cm³/mol. The van der Waals surface area contributed by atoms with Gasteiger partial charge in [0.05, 0.1) is 0 Å². The summed E-state index contributed by atoms with van der Waals surface area (Å²) in [4.78, 5) is 0. The summed E-state index contributed by atoms with van der Waals surface area (Å²) in [5.41, 5.74) is 5.41. The molecule has 0 aromatic rings. The first-order valence-corrected chi connectivity index (χ1v) is 4.51. The van der Waals surface area contributed by atoms with Crippen LogP contribution >= 0.6 is 0 Å². The first kappa shape index (κ1) is 12.6. The number of hydrogen-bond acceptors (Lipinski definition) is 1. The molecule has 10 heavy (non-hydrogen) atoms. The molecule has 2 N–H and O–H groups in total. The minimum absolute atomic E-state index is 0.731. The van der Waals surface area contributed by atoms with E-state index < -0.39 is 0 Å². The summed E-state index contributed by atoms with van der Waals surface area (Å²) in [7, 11) is 0. The molecule has 0 aromatic carbocycles. The molecule has 0 amide bonds. The zero-order valence-electron chi connectivity index (χ0n) is 7.98. The van der Waals surface area contributed by atoms with Gasteiger partial charge in [0.2, 0.25) is 0 Å². The Hall–Kier alpha value is -0.0400. The molecule has 0 aliphatic heterocycles. The van der Waals surface area contributed by atoms with Crippen LogP contribution in [0, 0.1) is 5.92 Å². The topological polar surface area (TPSA) is 26.0 Å². The molecule has 0 rings (SSSR count). The maximum absolute atomic E-state index is 5.41. The molecule has 0 saturated heterocycles. The summed E-state index contributed by atoms with van der Waals surface area (Å²) in [6.07, 6.45) is 3.93. The Balaban J connectivity index is 0. The molecule has 1 nitrogen and oxygen atoms in total. The summed E-state index contributed by atoms with van der Waals surface area (Å²) >= 11 is 0. The van der Waals surface area contributed by atoms with Crippen molar-refractivity contribution in [3.05, 3.63) is 0 Å². The highest BCUT2D eigenvalue weighted by Crippen LogP contribution is 2.04. The third-order valence-electron chi connectivity index (χ3n) is 1.45. The zero-order chi connectivity index (χ0) is 8.41. The molecule has 0 heterocycles. The monoisotopic (exact) mass is 145 g/mol. The van der Waals surface area contributed by atoms with Crippen LogP contribution in [0.3, 0.4) is 0 Å². The minimum atomic E-state index is 0.731. The molecule has 64 valence electrons. The van der Waals surface area contributed by atoms with Crippen LogP contribution in [0.25, 0.3) is 0 Å². The van der Waals surface area contributed by atoms with Gasteiger partial charge < -0.3 is 5.73 Å². The molecular weight excluding hydrogens is 122 g/mol. The average molecular weight is 145 g/mol. The third kappa shape index (κ3) is 10.9. The number of unbranched alkanes of at least 4 members (excludes halogenated alkanes) is 1. The van der Waals surface area contributed by atoms with E-state index in [0.29, 0.717) is 0 Å². The van der Waals surface area contributed by atoms with Gasteiger partial charge in [0.25, 0.3) is 0 Å². The van der Waals surface area contributed by atoms with Crippen LogP contribution in [0.4, 0.5) is 0 Å². The van der Waals surface area contributed by atoms with E-state index in [-0.39, 0.29) is 0 Å². The Morgan fingerprint density at radius 3 is 2.10 bits per heavy atom. The van der Waals surface area contributed by atoms with Crippen LogP contribution in [0.15, 0.2) is 0 Å². The predicted octanol–water partition coefficient (Wildman–Crippen LogP) is 2.80. The summed E-state index contributed by atoms with van der Waals surface area (Å²) in [5, 5.41) is 0. The fourth-order valence-corrected chi connectivity index (χ4v) is 0.670. The van der Waals surface area contributed by atoms with Gasteiger partial charge in [-0.3, -0.25) is 0 Å². The number of hydrogen-bond donors (Lipinski definition) is 1. The van der Waals surface area contributed by atoms with Gasteiger partial charge in [-0.2, -0.15) is 0 Å². The maximum atomic E-state index is 5.41. The average Bonchev–Trinajstić information content (AvgIpc) is 2.04. The van der Waals surface area contributed by atoms with Crippen LogP contribution in [-0.2, 0) is 0 Å². The van der Waals surface area contributed by atoms with Gasteiger partial charge in [-0.1, -0.05) is 40.5 Å². The van der Waals surface area contributed by atoms with E-state index >= 15 is 0 Å². The zero-order valence-corrected chi connectivity index (χ0v) is 7.98. The molecule has 0 bridgehead atoms. The van der Waals surface area contributed by atoms with E-state index in [2.05, 4.69) is 13.8 Å². The molecule has 0 aliphatic rings. The highest BCUT2D eigenvalue weighted by atomic mass is 14.5. The molecular formula is C9H23N. The summed E-state index contributed by atoms with van der Waals surface area (Å²) < 4.78 is 0. The smallest absolute Gasteiger partial charge is 0.00515 e. The lowest BCUT2D eigenvalue weighted by molar-refractivity contribution is 0.516. The van der Waals surface area contributed by atoms with Gasteiger partial charge in [-0.15, -0.1) is 0 Å². The van der Waals surface area contributed by atoms with E-state index in [1.54, 1.807) is 0 Å². The van der Waals surface area contributed by atoms with Crippen molar-refractivity contribution in [2.75, 3.05) is 6.54 Å². The first-order chi connectivity index (χ1) is 4.81. The molecule has 0 spiro atoms. The van der Waals surface area contributed by atoms with E-state index in [1.165, 1.54) is 19.3 Å². The number of rotatable bonds is 4. The van der Waals surface area contributed by atoms with Crippen molar-refractivity contribution in [2.45, 2.75) is 47.0 Å². The van der Waals surface area contributed by atoms with Gasteiger partial charge >= 0.3 is 0 Å². The maximum Gasteiger partial charge on any atom is -0.00515 e. The van der Waals surface area contributed by atoms with Crippen molar-refractivity contribution in [1.29, 1.82) is 0 Å². The van der Waals surface area contributed by atoms with Gasteiger partial charge in [-0.05, 0) is 18.9 Å². The quantitative estimate of drug-likeness (QED) is 0.646. The van der Waals surface area contributed by atoms with Crippen LogP contribution in [0.5, 0.6) is 0 Å². The lowest BCUT2D eigenvalue weighted by atomic mass is 10.1. The lowest BCUT2D eigenvalue weighted by Crippen LogP contribution is -2.09. The molecule has 1 unspecified atom stereocenters. The van der Waals surface area contributed by atoms with Crippen molar-refractivity contribution >= 4 is 0 Å². The molecule has 0 saturated carbocycles. The normalized spacial score (nSPS) is 11.7. The standard InChI is InChI=1S/C7H17N.C2H6/c1-3-4-5-7(2)6-8;1-2/h7H,3-6,8H2,1-2H3;1-2H3. The van der Waals surface area contributed by atoms with Gasteiger partial charge in [0, 0.05) is 0 Å². The lowest BCUT2D eigenvalue weighted by Gasteiger charge is -2.04. The van der Waals surface area contributed by atoms with Crippen LogP contribution in [0.1, 0.15) is 47.0 Å². The van der Waals surface area contributed by atoms with Crippen molar-refractivity contribution in [3.63, 3.8) is 0 Å². The van der Waals surface area contributed by atoms with Gasteiger partial charge in [0.15, 0.2) is 0 Å². The Morgan fingerprint density at radius 1 is 1.30 bits per heavy atom. The van der Waals surface area contributed by atoms with E-state index in [0.717, 1.165) is 12.5 Å². The van der Waals surface area contributed by atoms with E-state index in [9.17, 15) is 0 Å². The minimum Gasteiger partial charge on any atom is -0.330 e. The van der Waals surface area contributed by atoms with Crippen LogP contribution in [-0.4, -0.2) is 6.54 Å². The first-order valence-electron chi connectivity index (χ1n) is 4.51. The fraction of sp³-hybridized carbons (Fsp3) is 1.00. The number of nitrogens with two attached hydrogens (primary N) is 1. The molecule has 0 aliphatic carbocycles. The highest BCUT2D eigenvalue weighted by Gasteiger charge is 1.94. The highest BCUT2D eigenvalue weighted by molar-refractivity contribution is 4.51. The molecule has 0 fully saturated rings. The van der Waals surface area contributed by atoms with Crippen molar-refractivity contribution in [1.82, 2.24) is 0 Å². The molecule has 1 atom stereocenters. The van der Waals surface area contributed by atoms with Gasteiger partial charge in [-0.25, -0.2) is 0 Å². The van der Waals surface area contributed by atoms with Crippen LogP contribution < -0.4 is 5.73 Å². The summed E-state index contributed by atoms with van der Waals surface area (Å²) in [6, 6.07) is 0. The molecule has 0 aromatic heterocycles. The second kappa shape index (κ2) is 11.7. The third-order valence-corrected chi connectivity index (χ3v) is 1.45. The summed E-state index contributed by atoms with van der Waals surface area (Å²) in [6.45, 7) is 9.26. The van der Waals surface area contributed by atoms with E-state index in [1.807, 2.05) is 13.8 Å². The van der Waals surface area contributed by atoms with Crippen molar-refractivity contribution in [2.24, 2.45) is 11.7 Å². The Kier molecular flexibility index (Phi) is 14.8. The van der Waals surface area contributed by atoms with Crippen molar-refractivity contribution in [3.8, 4) is 0 Å². The largest absolute Gasteiger partial charge is 0.330 e. The van der Waals surface area contributed by atoms with Crippen molar-refractivity contribution < 1.29 is 0 Å². The Labute approximate surface area is 66.0 Å². The Morgan fingerprint density at radius 2 is 1.80 bits per heavy atom. The van der Waals surface area contributed by atoms with Gasteiger partial charge in [0.1, 0.15) is 0 Å². The Bertz CT molecular complexity index is 44.0. The van der Waals surface area contributed by atoms with E-state index in [4.69, 9.17) is 5.73 Å². The second-order valence-corrected chi connectivity index (χ2v) is 2.48. The molecule has 0 radical (unpaired) electrons. The second-order valence-electron chi connectivity index (χ2n) is 2.48. The summed E-state index contributed by atoms with van der Waals surface area (Å²) in [5.74, 6) is 0.731.